The fourth-order valence-corrected chi connectivity index (χ4v) is 3.49. The highest BCUT2D eigenvalue weighted by molar-refractivity contribution is 7.85. The number of nitrogens with zero attached hydrogens (tertiary/aromatic N) is 4. The fraction of sp³-hybridized carbons (Fsp3) is 0. The number of ether oxygens (including phenoxy) is 1. The number of anilines is 1. The number of H-pyrrole nitrogens is 1. The van der Waals surface area contributed by atoms with Gasteiger partial charge in [-0.2, -0.15) is 5.10 Å². The van der Waals surface area contributed by atoms with Crippen molar-refractivity contribution in [2.45, 2.75) is 14.7 Å². The molecule has 0 aromatic carbocycles. The Kier molecular flexibility index (Phi) is 5.50. The molecule has 4 rings (SSSR count). The first-order chi connectivity index (χ1) is 13.9. The van der Waals surface area contributed by atoms with Crippen LogP contribution in [-0.4, -0.2) is 30.5 Å². The Bertz CT molecular complexity index is 1290. The molecule has 4 heterocycles. The van der Waals surface area contributed by atoms with E-state index in [4.69, 9.17) is 17.0 Å². The summed E-state index contributed by atoms with van der Waals surface area (Å²) < 4.78 is 7.56. The van der Waals surface area contributed by atoms with Crippen molar-refractivity contribution in [1.29, 1.82) is 0 Å². The number of hydrogen-bond donors (Lipinski definition) is 5. The minimum Gasteiger partial charge on any atom is -0.454 e. The highest BCUT2D eigenvalue weighted by atomic mass is 32.1. The molecule has 0 saturated carbocycles. The van der Waals surface area contributed by atoms with Gasteiger partial charge in [-0.1, -0.05) is 12.2 Å². The van der Waals surface area contributed by atoms with Crippen LogP contribution in [0.15, 0.2) is 57.8 Å². The Hall–Kier alpha value is -2.54. The van der Waals surface area contributed by atoms with Crippen LogP contribution in [0.2, 0.25) is 0 Å². The van der Waals surface area contributed by atoms with Crippen LogP contribution in [0.5, 0.6) is 11.5 Å². The summed E-state index contributed by atoms with van der Waals surface area (Å²) in [5.74, 6) is 0.743. The number of carbonyl (C=O) groups excluding carboxylic acids is 1. The number of aromatic amines is 1. The predicted octanol–water partition coefficient (Wildman–Crippen LogP) is 4.09. The monoisotopic (exact) mass is 460 g/mol. The third-order valence-corrected chi connectivity index (χ3v) is 5.99. The minimum absolute atomic E-state index is 0.242. The van der Waals surface area contributed by atoms with E-state index in [0.29, 0.717) is 42.3 Å². The number of aromatic nitrogens is 5. The molecule has 4 aromatic heterocycles. The highest BCUT2D eigenvalue weighted by Crippen LogP contribution is 2.31. The molecule has 146 valence electrons. The molecule has 29 heavy (non-hydrogen) atoms. The summed E-state index contributed by atoms with van der Waals surface area (Å²) in [6.45, 7) is 0. The summed E-state index contributed by atoms with van der Waals surface area (Å²) in [5, 5.41) is 6.84. The third kappa shape index (κ3) is 3.96. The lowest BCUT2D eigenvalue weighted by molar-refractivity contribution is 0.102. The predicted molar refractivity (Wildman–Crippen MR) is 119 cm³/mol. The number of thiol groups is 3. The first-order valence-corrected chi connectivity index (χ1v) is 9.79. The lowest BCUT2D eigenvalue weighted by Crippen LogP contribution is -2.15. The van der Waals surface area contributed by atoms with E-state index < -0.39 is 5.91 Å². The van der Waals surface area contributed by atoms with Gasteiger partial charge in [0, 0.05) is 11.1 Å². The number of amides is 1. The number of fused-ring (bicyclic) bond motifs is 1. The van der Waals surface area contributed by atoms with Crippen LogP contribution >= 0.6 is 50.1 Å². The first kappa shape index (κ1) is 19.8. The molecular weight excluding hydrogens is 448 g/mol. The number of hydrogen-bond acceptors (Lipinski definition) is 9. The molecule has 0 saturated heterocycles. The molecule has 4 aromatic rings. The maximum atomic E-state index is 13.0. The van der Waals surface area contributed by atoms with Crippen molar-refractivity contribution >= 4 is 67.5 Å². The number of rotatable bonds is 4. The second-order valence-electron chi connectivity index (χ2n) is 5.74. The molecule has 2 N–H and O–H groups in total. The van der Waals surface area contributed by atoms with Gasteiger partial charge in [-0.05, 0) is 18.2 Å². The van der Waals surface area contributed by atoms with Crippen LogP contribution < -0.4 is 10.1 Å². The minimum atomic E-state index is -0.458. The van der Waals surface area contributed by atoms with Crippen molar-refractivity contribution in [3.05, 3.63) is 53.3 Å². The molecule has 8 nitrogen and oxygen atoms in total. The quantitative estimate of drug-likeness (QED) is 0.232. The van der Waals surface area contributed by atoms with E-state index in [2.05, 4.69) is 63.3 Å². The lowest BCUT2D eigenvalue weighted by Gasteiger charge is -2.12. The second-order valence-corrected chi connectivity index (χ2v) is 7.49. The summed E-state index contributed by atoms with van der Waals surface area (Å²) in [6, 6.07) is 5.06. The van der Waals surface area contributed by atoms with Gasteiger partial charge in [-0.25, -0.2) is 9.50 Å². The molecule has 0 aliphatic heterocycles. The lowest BCUT2D eigenvalue weighted by atomic mass is 10.2. The Balaban J connectivity index is 1.72. The van der Waals surface area contributed by atoms with Crippen molar-refractivity contribution in [1.82, 2.24) is 24.6 Å². The fourth-order valence-electron chi connectivity index (χ4n) is 2.51. The van der Waals surface area contributed by atoms with E-state index in [0.717, 1.165) is 0 Å². The van der Waals surface area contributed by atoms with E-state index in [1.165, 1.54) is 10.8 Å². The molecule has 0 fully saturated rings. The molecule has 0 bridgehead atoms. The summed E-state index contributed by atoms with van der Waals surface area (Å²) in [6.07, 6.45) is 6.16. The summed E-state index contributed by atoms with van der Waals surface area (Å²) in [7, 11) is 0. The van der Waals surface area contributed by atoms with Gasteiger partial charge in [0.25, 0.3) is 5.91 Å². The van der Waals surface area contributed by atoms with Gasteiger partial charge < -0.3 is 15.0 Å². The van der Waals surface area contributed by atoms with E-state index in [9.17, 15) is 4.79 Å². The van der Waals surface area contributed by atoms with Crippen molar-refractivity contribution in [2.75, 3.05) is 5.32 Å². The zero-order valence-corrected chi connectivity index (χ0v) is 17.9. The van der Waals surface area contributed by atoms with E-state index >= 15 is 0 Å². The van der Waals surface area contributed by atoms with Crippen molar-refractivity contribution in [3.8, 4) is 11.5 Å². The third-order valence-electron chi connectivity index (χ3n) is 3.84. The zero-order chi connectivity index (χ0) is 20.5. The molecule has 0 aliphatic rings. The molecule has 12 heteroatoms. The van der Waals surface area contributed by atoms with Gasteiger partial charge in [-0.3, -0.25) is 9.78 Å². The van der Waals surface area contributed by atoms with Crippen LogP contribution in [0.4, 0.5) is 5.82 Å². The van der Waals surface area contributed by atoms with Gasteiger partial charge in [0.1, 0.15) is 28.3 Å². The van der Waals surface area contributed by atoms with Gasteiger partial charge in [0.05, 0.1) is 27.7 Å². The van der Waals surface area contributed by atoms with E-state index in [-0.39, 0.29) is 5.56 Å². The van der Waals surface area contributed by atoms with Crippen molar-refractivity contribution < 1.29 is 9.53 Å². The number of nitrogens with one attached hydrogen (secondary N) is 2. The maximum Gasteiger partial charge on any atom is 0.260 e. The smallest absolute Gasteiger partial charge is 0.260 e. The Labute approximate surface area is 186 Å². The van der Waals surface area contributed by atoms with E-state index in [1.807, 2.05) is 0 Å². The van der Waals surface area contributed by atoms with Gasteiger partial charge in [0.15, 0.2) is 5.65 Å². The molecule has 0 spiro atoms. The first-order valence-electron chi connectivity index (χ1n) is 8.04. The standard InChI is InChI=1S/C17H12N6O2S4/c24-16(21-14-12(27)11(26)13(28)17(29)22-14)10-4-9(6-23-15(10)19-7-20-23)25-8-2-1-3-18-5-8/h1-7,27-28H,(H3,21,22,24,26,29). The van der Waals surface area contributed by atoms with Gasteiger partial charge in [-0.15, -0.1) is 37.9 Å². The Morgan fingerprint density at radius 2 is 2.03 bits per heavy atom. The topological polar surface area (TPSA) is 97.2 Å². The summed E-state index contributed by atoms with van der Waals surface area (Å²) in [5.41, 5.74) is 0.601. The maximum absolute atomic E-state index is 13.0. The van der Waals surface area contributed by atoms with Crippen LogP contribution in [0.1, 0.15) is 10.4 Å². The molecule has 0 radical (unpaired) electrons. The zero-order valence-electron chi connectivity index (χ0n) is 14.4. The van der Waals surface area contributed by atoms with Crippen molar-refractivity contribution in [2.24, 2.45) is 0 Å². The molecule has 0 unspecified atom stereocenters. The Morgan fingerprint density at radius 3 is 2.79 bits per heavy atom. The van der Waals surface area contributed by atoms with Gasteiger partial charge in [0.2, 0.25) is 0 Å². The largest absolute Gasteiger partial charge is 0.454 e. The average Bonchev–Trinajstić information content (AvgIpc) is 3.19. The Morgan fingerprint density at radius 1 is 1.21 bits per heavy atom. The summed E-state index contributed by atoms with van der Waals surface area (Å²) in [4.78, 5) is 25.4. The van der Waals surface area contributed by atoms with Crippen LogP contribution in [0, 0.1) is 4.64 Å². The van der Waals surface area contributed by atoms with Crippen molar-refractivity contribution in [3.63, 3.8) is 0 Å². The molecule has 0 atom stereocenters. The van der Waals surface area contributed by atoms with E-state index in [1.54, 1.807) is 36.8 Å². The number of pyridine rings is 3. The number of carbonyl (C=O) groups is 1. The van der Waals surface area contributed by atoms with Crippen LogP contribution in [-0.2, 0) is 0 Å². The normalized spacial score (nSPS) is 10.9. The molecular formula is C17H12N6O2S4. The average molecular weight is 461 g/mol. The van der Waals surface area contributed by atoms with Gasteiger partial charge >= 0.3 is 0 Å². The molecule has 1 amide bonds. The van der Waals surface area contributed by atoms with Crippen LogP contribution in [0.3, 0.4) is 0 Å². The second kappa shape index (κ2) is 8.06. The SMILES string of the molecule is O=C(Nc1[nH]c(=S)c(S)c(S)c1S)c1cc(Oc2cccnc2)cn2ncnc12. The van der Waals surface area contributed by atoms with Crippen LogP contribution in [0.25, 0.3) is 5.65 Å². The summed E-state index contributed by atoms with van der Waals surface area (Å²) >= 11 is 18.2. The molecule has 0 aliphatic carbocycles. The highest BCUT2D eigenvalue weighted by Gasteiger charge is 2.18.